The van der Waals surface area contributed by atoms with Crippen LogP contribution in [0.15, 0.2) is 53.1 Å². The normalized spacial score (nSPS) is 19.8. The Morgan fingerprint density at radius 2 is 2.00 bits per heavy atom. The average Bonchev–Trinajstić information content (AvgIpc) is 3.24. The predicted molar refractivity (Wildman–Crippen MR) is 121 cm³/mol. The van der Waals surface area contributed by atoms with Crippen molar-refractivity contribution in [3.63, 3.8) is 0 Å². The summed E-state index contributed by atoms with van der Waals surface area (Å²) in [6.07, 6.45) is 1.69. The summed E-state index contributed by atoms with van der Waals surface area (Å²) in [6.45, 7) is 4.43. The number of carbonyl (C=O) groups is 2. The molecule has 2 heterocycles. The lowest BCUT2D eigenvalue weighted by Gasteiger charge is -2.40. The summed E-state index contributed by atoms with van der Waals surface area (Å²) in [5, 5.41) is 7.23. The van der Waals surface area contributed by atoms with E-state index in [0.29, 0.717) is 31.6 Å². The topological polar surface area (TPSA) is 75.4 Å². The number of aryl methyl sites for hydroxylation is 1. The fourth-order valence-corrected chi connectivity index (χ4v) is 4.87. The van der Waals surface area contributed by atoms with Gasteiger partial charge >= 0.3 is 0 Å². The quantitative estimate of drug-likeness (QED) is 0.647. The molecule has 0 spiro atoms. The van der Waals surface area contributed by atoms with Crippen molar-refractivity contribution in [2.24, 2.45) is 5.92 Å². The first kappa shape index (κ1) is 21.4. The van der Waals surface area contributed by atoms with Crippen molar-refractivity contribution in [1.82, 2.24) is 15.4 Å². The Morgan fingerprint density at radius 3 is 2.76 bits per heavy atom. The Balaban J connectivity index is 1.50. The largest absolute Gasteiger partial charge is 0.355 e. The maximum Gasteiger partial charge on any atom is 0.277 e. The molecule has 7 heteroatoms. The van der Waals surface area contributed by atoms with Crippen LogP contribution in [0.25, 0.3) is 11.3 Å². The molecule has 1 fully saturated rings. The Bertz CT molecular complexity index is 1200. The minimum atomic E-state index is -0.574. The number of halogens is 1. The van der Waals surface area contributed by atoms with Crippen molar-refractivity contribution in [3.05, 3.63) is 76.7 Å². The first-order valence-corrected chi connectivity index (χ1v) is 11.4. The average molecular weight is 448 g/mol. The minimum Gasteiger partial charge on any atom is -0.355 e. The van der Waals surface area contributed by atoms with Gasteiger partial charge in [0.1, 0.15) is 11.9 Å². The van der Waals surface area contributed by atoms with Gasteiger partial charge in [0.15, 0.2) is 11.5 Å². The zero-order valence-corrected chi connectivity index (χ0v) is 18.7. The van der Waals surface area contributed by atoms with Crippen LogP contribution in [0.1, 0.15) is 53.5 Å². The lowest BCUT2D eigenvalue weighted by Crippen LogP contribution is -2.58. The lowest BCUT2D eigenvalue weighted by molar-refractivity contribution is -0.130. The van der Waals surface area contributed by atoms with Gasteiger partial charge in [0.05, 0.1) is 6.04 Å². The number of benzene rings is 2. The third-order valence-electron chi connectivity index (χ3n) is 6.48. The van der Waals surface area contributed by atoms with Crippen LogP contribution in [0.5, 0.6) is 0 Å². The first-order valence-electron chi connectivity index (χ1n) is 11.4. The number of piperazine rings is 1. The van der Waals surface area contributed by atoms with Gasteiger partial charge in [-0.15, -0.1) is 0 Å². The van der Waals surface area contributed by atoms with E-state index < -0.39 is 6.04 Å². The lowest BCUT2D eigenvalue weighted by atomic mass is 9.89. The van der Waals surface area contributed by atoms with E-state index in [-0.39, 0.29) is 35.3 Å². The van der Waals surface area contributed by atoms with Crippen molar-refractivity contribution in [3.8, 4) is 11.3 Å². The summed E-state index contributed by atoms with van der Waals surface area (Å²) in [5.41, 5.74) is 3.53. The van der Waals surface area contributed by atoms with Crippen LogP contribution in [0.4, 0.5) is 4.39 Å². The second-order valence-corrected chi connectivity index (χ2v) is 9.22. The Labute approximate surface area is 191 Å². The van der Waals surface area contributed by atoms with E-state index in [1.54, 1.807) is 11.0 Å². The van der Waals surface area contributed by atoms with Gasteiger partial charge in [-0.05, 0) is 54.5 Å². The molecule has 2 atom stereocenters. The van der Waals surface area contributed by atoms with Gasteiger partial charge in [0.2, 0.25) is 5.91 Å². The minimum absolute atomic E-state index is 0.157. The summed E-state index contributed by atoms with van der Waals surface area (Å²) in [7, 11) is 0. The number of rotatable bonds is 4. The second kappa shape index (κ2) is 8.46. The third kappa shape index (κ3) is 3.92. The summed E-state index contributed by atoms with van der Waals surface area (Å²) >= 11 is 0. The number of nitrogens with zero attached hydrogens (tertiary/aromatic N) is 2. The summed E-state index contributed by atoms with van der Waals surface area (Å²) < 4.78 is 19.3. The second-order valence-electron chi connectivity index (χ2n) is 9.22. The number of hydrogen-bond donors (Lipinski definition) is 1. The fourth-order valence-electron chi connectivity index (χ4n) is 4.87. The van der Waals surface area contributed by atoms with E-state index >= 15 is 0 Å². The van der Waals surface area contributed by atoms with Crippen LogP contribution in [-0.4, -0.2) is 34.5 Å². The van der Waals surface area contributed by atoms with Gasteiger partial charge in [-0.1, -0.05) is 49.3 Å². The van der Waals surface area contributed by atoms with Crippen molar-refractivity contribution in [2.45, 2.75) is 45.2 Å². The molecule has 1 aliphatic heterocycles. The standard InChI is InChI=1S/C26H26FN3O3/c1-15(2)12-22-25(31)28-21(16-6-4-3-5-7-16)14-30(22)26(32)23-20-10-8-17-13-18(27)9-11-19(17)24(20)33-29-23/h3-7,9,11,13,15,21-22H,8,10,12,14H2,1-2H3,(H,28,31)/t21-,22+/m1/s1. The van der Waals surface area contributed by atoms with Crippen LogP contribution in [-0.2, 0) is 17.6 Å². The maximum absolute atomic E-state index is 13.8. The van der Waals surface area contributed by atoms with Gasteiger partial charge in [0, 0.05) is 17.7 Å². The summed E-state index contributed by atoms with van der Waals surface area (Å²) in [5.74, 6) is -0.00319. The predicted octanol–water partition coefficient (Wildman–Crippen LogP) is 4.31. The molecular formula is C26H26FN3O3. The highest BCUT2D eigenvalue weighted by Gasteiger charge is 2.40. The molecule has 6 nitrogen and oxygen atoms in total. The van der Waals surface area contributed by atoms with Gasteiger partial charge in [-0.3, -0.25) is 9.59 Å². The molecule has 0 radical (unpaired) electrons. The summed E-state index contributed by atoms with van der Waals surface area (Å²) in [6, 6.07) is 13.3. The molecule has 0 bridgehead atoms. The van der Waals surface area contributed by atoms with E-state index in [2.05, 4.69) is 10.5 Å². The van der Waals surface area contributed by atoms with Gasteiger partial charge < -0.3 is 14.7 Å². The molecule has 5 rings (SSSR count). The van der Waals surface area contributed by atoms with Crippen molar-refractivity contribution in [1.29, 1.82) is 0 Å². The van der Waals surface area contributed by atoms with Gasteiger partial charge in [0.25, 0.3) is 5.91 Å². The van der Waals surface area contributed by atoms with Crippen molar-refractivity contribution in [2.75, 3.05) is 6.54 Å². The number of nitrogens with one attached hydrogen (secondary N) is 1. The molecule has 2 aliphatic rings. The number of hydrogen-bond acceptors (Lipinski definition) is 4. The molecule has 2 aromatic carbocycles. The van der Waals surface area contributed by atoms with E-state index in [9.17, 15) is 14.0 Å². The molecule has 1 saturated heterocycles. The maximum atomic E-state index is 13.8. The molecular weight excluding hydrogens is 421 g/mol. The highest BCUT2D eigenvalue weighted by molar-refractivity contribution is 5.99. The highest BCUT2D eigenvalue weighted by Crippen LogP contribution is 2.37. The van der Waals surface area contributed by atoms with E-state index in [0.717, 1.165) is 22.3 Å². The number of fused-ring (bicyclic) bond motifs is 3. The van der Waals surface area contributed by atoms with Crippen LogP contribution >= 0.6 is 0 Å². The molecule has 3 aromatic rings. The highest BCUT2D eigenvalue weighted by atomic mass is 19.1. The van der Waals surface area contributed by atoms with Crippen molar-refractivity contribution >= 4 is 11.8 Å². The molecule has 33 heavy (non-hydrogen) atoms. The van der Waals surface area contributed by atoms with Crippen LogP contribution in [0.2, 0.25) is 0 Å². The number of amides is 2. The van der Waals surface area contributed by atoms with Crippen LogP contribution in [0, 0.1) is 11.7 Å². The molecule has 1 aliphatic carbocycles. The van der Waals surface area contributed by atoms with Gasteiger partial charge in [-0.25, -0.2) is 4.39 Å². The zero-order valence-electron chi connectivity index (χ0n) is 18.7. The van der Waals surface area contributed by atoms with Crippen molar-refractivity contribution < 1.29 is 18.5 Å². The Morgan fingerprint density at radius 1 is 1.21 bits per heavy atom. The Kier molecular flexibility index (Phi) is 5.48. The molecule has 1 aromatic heterocycles. The Hall–Kier alpha value is -3.48. The molecule has 2 amide bonds. The van der Waals surface area contributed by atoms with E-state index in [1.165, 1.54) is 12.1 Å². The monoisotopic (exact) mass is 447 g/mol. The van der Waals surface area contributed by atoms with Crippen LogP contribution in [0.3, 0.4) is 0 Å². The molecule has 170 valence electrons. The third-order valence-corrected chi connectivity index (χ3v) is 6.48. The molecule has 0 saturated carbocycles. The van der Waals surface area contributed by atoms with Gasteiger partial charge in [-0.2, -0.15) is 0 Å². The van der Waals surface area contributed by atoms with E-state index in [1.807, 2.05) is 44.2 Å². The summed E-state index contributed by atoms with van der Waals surface area (Å²) in [4.78, 5) is 28.5. The number of carbonyl (C=O) groups excluding carboxylic acids is 2. The molecule has 0 unspecified atom stereocenters. The van der Waals surface area contributed by atoms with Crippen LogP contribution < -0.4 is 5.32 Å². The first-order chi connectivity index (χ1) is 15.9. The van der Waals surface area contributed by atoms with E-state index in [4.69, 9.17) is 4.52 Å². The SMILES string of the molecule is CC(C)C[C@H]1C(=O)N[C@@H](c2ccccc2)CN1C(=O)c1noc2c1CCc1cc(F)ccc1-2. The number of aromatic nitrogens is 1. The smallest absolute Gasteiger partial charge is 0.277 e. The fraction of sp³-hybridized carbons (Fsp3) is 0.346. The molecule has 1 N–H and O–H groups in total. The zero-order chi connectivity index (χ0) is 23.1.